The van der Waals surface area contributed by atoms with Gasteiger partial charge in [-0.1, -0.05) is 12.1 Å². The van der Waals surface area contributed by atoms with Crippen LogP contribution in [0.1, 0.15) is 0 Å². The van der Waals surface area contributed by atoms with Crippen molar-refractivity contribution >= 4 is 48.1 Å². The Kier molecular flexibility index (Phi) is 4.81. The number of nitrogen functional groups attached to an aromatic ring is 1. The van der Waals surface area contributed by atoms with Crippen molar-refractivity contribution < 1.29 is 31.0 Å². The zero-order chi connectivity index (χ0) is 20.7. The van der Waals surface area contributed by atoms with Gasteiger partial charge in [-0.2, -0.15) is 16.8 Å². The zero-order valence-electron chi connectivity index (χ0n) is 13.9. The fraction of sp³-hybridized carbons (Fsp3) is 0. The van der Waals surface area contributed by atoms with Crippen molar-refractivity contribution in [3.8, 4) is 5.75 Å². The molecule has 0 aliphatic rings. The van der Waals surface area contributed by atoms with Crippen LogP contribution in [0.3, 0.4) is 0 Å². The first-order valence-corrected chi connectivity index (χ1v) is 10.4. The van der Waals surface area contributed by atoms with Crippen LogP contribution in [0.25, 0.3) is 10.8 Å². The summed E-state index contributed by atoms with van der Waals surface area (Å²) in [6.45, 7) is 0. The predicted octanol–water partition coefficient (Wildman–Crippen LogP) is 3.04. The number of nitrogens with two attached hydrogens (primary N) is 1. The molecule has 10 nitrogen and oxygen atoms in total. The van der Waals surface area contributed by atoms with E-state index in [1.165, 1.54) is 36.4 Å². The van der Waals surface area contributed by atoms with E-state index in [0.717, 1.165) is 12.1 Å². The van der Waals surface area contributed by atoms with Gasteiger partial charge in [-0.3, -0.25) is 9.11 Å². The van der Waals surface area contributed by atoms with Gasteiger partial charge in [-0.15, -0.1) is 10.2 Å². The van der Waals surface area contributed by atoms with E-state index in [2.05, 4.69) is 10.2 Å². The van der Waals surface area contributed by atoms with E-state index in [4.69, 9.17) is 5.73 Å². The van der Waals surface area contributed by atoms with E-state index in [1.54, 1.807) is 0 Å². The Bertz CT molecular complexity index is 1330. The van der Waals surface area contributed by atoms with E-state index < -0.39 is 41.5 Å². The summed E-state index contributed by atoms with van der Waals surface area (Å²) in [5, 5.41) is 18.1. The summed E-state index contributed by atoms with van der Waals surface area (Å²) < 4.78 is 65.1. The number of phenols is 1. The van der Waals surface area contributed by atoms with Crippen LogP contribution in [0, 0.1) is 0 Å². The molecule has 0 spiro atoms. The van der Waals surface area contributed by atoms with Gasteiger partial charge in [0.1, 0.15) is 21.2 Å². The second-order valence-corrected chi connectivity index (χ2v) is 8.45. The lowest BCUT2D eigenvalue weighted by Crippen LogP contribution is -1.99. The highest BCUT2D eigenvalue weighted by Crippen LogP contribution is 2.42. The molecule has 3 aromatic rings. The summed E-state index contributed by atoms with van der Waals surface area (Å²) >= 11 is 0. The summed E-state index contributed by atoms with van der Waals surface area (Å²) in [6.07, 6.45) is 0. The van der Waals surface area contributed by atoms with Crippen LogP contribution in [0.5, 0.6) is 5.75 Å². The van der Waals surface area contributed by atoms with Crippen molar-refractivity contribution in [1.82, 2.24) is 0 Å². The Labute approximate surface area is 159 Å². The van der Waals surface area contributed by atoms with E-state index in [9.17, 15) is 31.0 Å². The molecule has 3 rings (SSSR count). The number of hydrogen-bond acceptors (Lipinski definition) is 8. The number of benzene rings is 3. The van der Waals surface area contributed by atoms with E-state index in [-0.39, 0.29) is 16.5 Å². The van der Waals surface area contributed by atoms with Crippen LogP contribution in [-0.4, -0.2) is 31.0 Å². The second kappa shape index (κ2) is 6.83. The highest BCUT2D eigenvalue weighted by molar-refractivity contribution is 7.86. The Morgan fingerprint density at radius 2 is 1.46 bits per heavy atom. The molecule has 0 radical (unpaired) electrons. The number of aromatic hydroxyl groups is 1. The molecule has 0 fully saturated rings. The summed E-state index contributed by atoms with van der Waals surface area (Å²) in [7, 11) is -9.45. The minimum absolute atomic E-state index is 0.179. The molecular formula is C16H13N3O7S2. The molecule has 146 valence electrons. The van der Waals surface area contributed by atoms with Gasteiger partial charge in [0.15, 0.2) is 5.75 Å². The third kappa shape index (κ3) is 3.80. The van der Waals surface area contributed by atoms with Crippen LogP contribution in [-0.2, 0) is 20.2 Å². The van der Waals surface area contributed by atoms with Crippen molar-refractivity contribution in [2.45, 2.75) is 9.79 Å². The first-order chi connectivity index (χ1) is 13.0. The SMILES string of the molecule is Nc1ccc2c(O)c(/N=N/c3ccccc3S(=O)(=O)O)c(S(=O)(=O)O)cc2c1. The number of rotatable bonds is 4. The van der Waals surface area contributed by atoms with Gasteiger partial charge < -0.3 is 10.8 Å². The van der Waals surface area contributed by atoms with Gasteiger partial charge in [-0.25, -0.2) is 0 Å². The number of nitrogens with zero attached hydrogens (tertiary/aromatic N) is 2. The normalized spacial score (nSPS) is 12.6. The van der Waals surface area contributed by atoms with Crippen molar-refractivity contribution in [1.29, 1.82) is 0 Å². The lowest BCUT2D eigenvalue weighted by molar-refractivity contribution is 0.472. The monoisotopic (exact) mass is 423 g/mol. The van der Waals surface area contributed by atoms with Gasteiger partial charge in [0.2, 0.25) is 0 Å². The zero-order valence-corrected chi connectivity index (χ0v) is 15.5. The highest BCUT2D eigenvalue weighted by Gasteiger charge is 2.22. The summed E-state index contributed by atoms with van der Waals surface area (Å²) in [5.41, 5.74) is 5.03. The lowest BCUT2D eigenvalue weighted by Gasteiger charge is -2.09. The van der Waals surface area contributed by atoms with E-state index in [0.29, 0.717) is 5.69 Å². The molecule has 0 saturated carbocycles. The van der Waals surface area contributed by atoms with Crippen molar-refractivity contribution in [3.63, 3.8) is 0 Å². The van der Waals surface area contributed by atoms with Crippen molar-refractivity contribution in [3.05, 3.63) is 48.5 Å². The third-order valence-electron chi connectivity index (χ3n) is 3.75. The molecule has 0 unspecified atom stereocenters. The Balaban J connectivity index is 2.28. The molecule has 0 heterocycles. The number of hydrogen-bond donors (Lipinski definition) is 4. The van der Waals surface area contributed by atoms with Gasteiger partial charge >= 0.3 is 0 Å². The van der Waals surface area contributed by atoms with Gasteiger partial charge in [-0.05, 0) is 41.8 Å². The third-order valence-corrected chi connectivity index (χ3v) is 5.52. The molecular weight excluding hydrogens is 410 g/mol. The maximum atomic E-state index is 11.7. The van der Waals surface area contributed by atoms with Crippen LogP contribution in [0.15, 0.2) is 68.6 Å². The smallest absolute Gasteiger partial charge is 0.296 e. The fourth-order valence-corrected chi connectivity index (χ4v) is 3.81. The molecule has 28 heavy (non-hydrogen) atoms. The maximum absolute atomic E-state index is 11.7. The standard InChI is InChI=1S/C16H13N3O7S2/c17-10-5-6-11-9(7-10)8-14(28(24,25)26)15(16(11)20)19-18-12-3-1-2-4-13(12)27(21,22)23/h1-8,20H,17H2,(H,21,22,23)(H,24,25,26)/b19-18+. The summed E-state index contributed by atoms with van der Waals surface area (Å²) in [4.78, 5) is -1.32. The molecule has 0 bridgehead atoms. The molecule has 0 aromatic heterocycles. The van der Waals surface area contributed by atoms with Crippen LogP contribution >= 0.6 is 0 Å². The number of fused-ring (bicyclic) bond motifs is 1. The van der Waals surface area contributed by atoms with Crippen LogP contribution in [0.2, 0.25) is 0 Å². The van der Waals surface area contributed by atoms with Crippen LogP contribution in [0.4, 0.5) is 17.1 Å². The highest BCUT2D eigenvalue weighted by atomic mass is 32.2. The van der Waals surface area contributed by atoms with Gasteiger partial charge in [0.05, 0.1) is 0 Å². The predicted molar refractivity (Wildman–Crippen MR) is 100 cm³/mol. The van der Waals surface area contributed by atoms with E-state index >= 15 is 0 Å². The molecule has 0 aliphatic carbocycles. The molecule has 12 heteroatoms. The minimum Gasteiger partial charge on any atom is -0.505 e. The quantitative estimate of drug-likeness (QED) is 0.281. The first-order valence-electron chi connectivity index (χ1n) is 7.49. The molecule has 0 saturated heterocycles. The molecule has 3 aromatic carbocycles. The topological polar surface area (TPSA) is 180 Å². The Morgan fingerprint density at radius 1 is 0.821 bits per heavy atom. The molecule has 0 atom stereocenters. The van der Waals surface area contributed by atoms with Crippen molar-refractivity contribution in [2.75, 3.05) is 5.73 Å². The van der Waals surface area contributed by atoms with Gasteiger partial charge in [0.25, 0.3) is 20.2 Å². The largest absolute Gasteiger partial charge is 0.505 e. The average Bonchev–Trinajstić information content (AvgIpc) is 2.59. The Morgan fingerprint density at radius 3 is 2.11 bits per heavy atom. The number of azo groups is 1. The molecule has 0 amide bonds. The fourth-order valence-electron chi connectivity index (χ4n) is 2.53. The van der Waals surface area contributed by atoms with E-state index in [1.807, 2.05) is 0 Å². The molecule has 0 aliphatic heterocycles. The molecule has 5 N–H and O–H groups in total. The maximum Gasteiger partial charge on any atom is 0.296 e. The second-order valence-electron chi connectivity index (χ2n) is 5.67. The Hall–Kier alpha value is -3.06. The minimum atomic E-state index is -4.83. The van der Waals surface area contributed by atoms with Crippen molar-refractivity contribution in [2.24, 2.45) is 10.2 Å². The first kappa shape index (κ1) is 19.7. The van der Waals surface area contributed by atoms with Crippen LogP contribution < -0.4 is 5.73 Å². The van der Waals surface area contributed by atoms with Gasteiger partial charge in [0, 0.05) is 11.1 Å². The average molecular weight is 423 g/mol. The summed E-state index contributed by atoms with van der Waals surface area (Å²) in [5.74, 6) is -0.613. The number of anilines is 1. The number of phenolic OH excluding ortho intramolecular Hbond substituents is 1. The summed E-state index contributed by atoms with van der Waals surface area (Å²) in [6, 6.07) is 10.3. The lowest BCUT2D eigenvalue weighted by atomic mass is 10.1.